The van der Waals surface area contributed by atoms with Crippen LogP contribution in [0.5, 0.6) is 0 Å². The molecule has 84 valence electrons. The number of aromatic nitrogens is 1. The monoisotopic (exact) mass is 223 g/mol. The summed E-state index contributed by atoms with van der Waals surface area (Å²) in [6.07, 6.45) is 3.94. The zero-order chi connectivity index (χ0) is 11.7. The first kappa shape index (κ1) is 9.90. The second-order valence-corrected chi connectivity index (χ2v) is 4.04. The molecule has 0 bridgehead atoms. The Bertz CT molecular complexity index is 647. The largest absolute Gasteiger partial charge is 0.385 e. The molecule has 1 aliphatic heterocycles. The SMILES string of the molecule is NC1=c2ccccc2=CC(c2ccccn2)N1. The van der Waals surface area contributed by atoms with Crippen molar-refractivity contribution in [1.29, 1.82) is 0 Å². The van der Waals surface area contributed by atoms with Crippen LogP contribution in [0, 0.1) is 0 Å². The number of hydrogen-bond acceptors (Lipinski definition) is 3. The van der Waals surface area contributed by atoms with Crippen molar-refractivity contribution >= 4 is 11.9 Å². The first-order valence-electron chi connectivity index (χ1n) is 5.59. The molecule has 0 radical (unpaired) electrons. The van der Waals surface area contributed by atoms with Crippen LogP contribution < -0.4 is 21.5 Å². The second kappa shape index (κ2) is 3.94. The van der Waals surface area contributed by atoms with Crippen molar-refractivity contribution in [2.75, 3.05) is 0 Å². The van der Waals surface area contributed by atoms with Gasteiger partial charge in [0.15, 0.2) is 0 Å². The van der Waals surface area contributed by atoms with E-state index in [9.17, 15) is 0 Å². The highest BCUT2D eigenvalue weighted by Gasteiger charge is 2.13. The van der Waals surface area contributed by atoms with Crippen LogP contribution in [0.1, 0.15) is 11.7 Å². The Hall–Kier alpha value is -2.29. The van der Waals surface area contributed by atoms with E-state index in [4.69, 9.17) is 5.73 Å². The fourth-order valence-electron chi connectivity index (χ4n) is 2.07. The lowest BCUT2D eigenvalue weighted by Crippen LogP contribution is -2.42. The van der Waals surface area contributed by atoms with Crippen molar-refractivity contribution < 1.29 is 0 Å². The lowest BCUT2D eigenvalue weighted by atomic mass is 10.1. The van der Waals surface area contributed by atoms with Crippen molar-refractivity contribution in [3.8, 4) is 0 Å². The molecule has 0 saturated carbocycles. The molecule has 3 heteroatoms. The molecule has 0 amide bonds. The number of pyridine rings is 1. The van der Waals surface area contributed by atoms with E-state index in [2.05, 4.69) is 22.4 Å². The minimum Gasteiger partial charge on any atom is -0.385 e. The second-order valence-electron chi connectivity index (χ2n) is 4.04. The highest BCUT2D eigenvalue weighted by atomic mass is 15.0. The fourth-order valence-corrected chi connectivity index (χ4v) is 2.07. The van der Waals surface area contributed by atoms with Gasteiger partial charge in [-0.05, 0) is 23.4 Å². The third kappa shape index (κ3) is 1.76. The molecule has 3 rings (SSSR count). The molecule has 1 unspecified atom stereocenters. The molecule has 2 heterocycles. The summed E-state index contributed by atoms with van der Waals surface area (Å²) in [5, 5.41) is 5.47. The molecule has 2 aromatic rings. The highest BCUT2D eigenvalue weighted by molar-refractivity contribution is 5.51. The van der Waals surface area contributed by atoms with Gasteiger partial charge >= 0.3 is 0 Å². The van der Waals surface area contributed by atoms with E-state index in [0.29, 0.717) is 5.82 Å². The average Bonchev–Trinajstić information content (AvgIpc) is 2.40. The van der Waals surface area contributed by atoms with Crippen LogP contribution in [0.2, 0.25) is 0 Å². The first-order valence-corrected chi connectivity index (χ1v) is 5.59. The van der Waals surface area contributed by atoms with E-state index in [1.807, 2.05) is 36.4 Å². The topological polar surface area (TPSA) is 50.9 Å². The lowest BCUT2D eigenvalue weighted by Gasteiger charge is -2.19. The van der Waals surface area contributed by atoms with Crippen molar-refractivity contribution in [1.82, 2.24) is 10.3 Å². The molecule has 0 spiro atoms. The number of nitrogens with one attached hydrogen (secondary N) is 1. The number of fused-ring (bicyclic) bond motifs is 1. The zero-order valence-electron chi connectivity index (χ0n) is 9.30. The van der Waals surface area contributed by atoms with Gasteiger partial charge in [0.05, 0.1) is 11.7 Å². The Morgan fingerprint density at radius 2 is 1.88 bits per heavy atom. The van der Waals surface area contributed by atoms with E-state index in [0.717, 1.165) is 16.1 Å². The molecule has 3 N–H and O–H groups in total. The molecule has 0 fully saturated rings. The minimum absolute atomic E-state index is 0.0473. The van der Waals surface area contributed by atoms with Gasteiger partial charge in [-0.15, -0.1) is 0 Å². The van der Waals surface area contributed by atoms with Crippen molar-refractivity contribution in [2.24, 2.45) is 5.73 Å². The summed E-state index contributed by atoms with van der Waals surface area (Å²) in [5.41, 5.74) is 7.01. The Morgan fingerprint density at radius 3 is 2.71 bits per heavy atom. The molecule has 0 saturated heterocycles. The first-order chi connectivity index (χ1) is 8.34. The van der Waals surface area contributed by atoms with Gasteiger partial charge in [0.25, 0.3) is 0 Å². The summed E-state index contributed by atoms with van der Waals surface area (Å²) in [7, 11) is 0. The summed E-state index contributed by atoms with van der Waals surface area (Å²) in [5.74, 6) is 0.707. The number of benzene rings is 1. The molecular formula is C14H13N3. The van der Waals surface area contributed by atoms with Gasteiger partial charge in [-0.1, -0.05) is 30.3 Å². The zero-order valence-corrected chi connectivity index (χ0v) is 9.30. The van der Waals surface area contributed by atoms with E-state index in [1.165, 1.54) is 0 Å². The molecule has 1 atom stereocenters. The third-order valence-corrected chi connectivity index (χ3v) is 2.91. The molecule has 0 aliphatic carbocycles. The van der Waals surface area contributed by atoms with Gasteiger partial charge in [0, 0.05) is 11.4 Å². The quantitative estimate of drug-likeness (QED) is 0.727. The summed E-state index contributed by atoms with van der Waals surface area (Å²) in [6.45, 7) is 0. The number of rotatable bonds is 1. The maximum Gasteiger partial charge on any atom is 0.105 e. The lowest BCUT2D eigenvalue weighted by molar-refractivity contribution is 0.754. The van der Waals surface area contributed by atoms with Gasteiger partial charge in [-0.25, -0.2) is 0 Å². The Labute approximate surface area is 99.3 Å². The summed E-state index contributed by atoms with van der Waals surface area (Å²) >= 11 is 0. The van der Waals surface area contributed by atoms with Crippen molar-refractivity contribution in [3.63, 3.8) is 0 Å². The number of hydrogen-bond donors (Lipinski definition) is 2. The molecule has 1 aliphatic rings. The Balaban J connectivity index is 2.14. The summed E-state index contributed by atoms with van der Waals surface area (Å²) < 4.78 is 0. The van der Waals surface area contributed by atoms with Gasteiger partial charge in [0.2, 0.25) is 0 Å². The maximum atomic E-state index is 6.03. The summed E-state index contributed by atoms with van der Waals surface area (Å²) in [4.78, 5) is 4.35. The Kier molecular flexibility index (Phi) is 2.29. The average molecular weight is 223 g/mol. The normalized spacial score (nSPS) is 17.9. The van der Waals surface area contributed by atoms with Crippen molar-refractivity contribution in [2.45, 2.75) is 6.04 Å². The third-order valence-electron chi connectivity index (χ3n) is 2.91. The number of nitrogens with two attached hydrogens (primary N) is 1. The Morgan fingerprint density at radius 1 is 1.06 bits per heavy atom. The highest BCUT2D eigenvalue weighted by Crippen LogP contribution is 2.12. The molecular weight excluding hydrogens is 210 g/mol. The maximum absolute atomic E-state index is 6.03. The van der Waals surface area contributed by atoms with Crippen molar-refractivity contribution in [3.05, 3.63) is 64.8 Å². The van der Waals surface area contributed by atoms with Gasteiger partial charge in [-0.3, -0.25) is 4.98 Å². The molecule has 3 nitrogen and oxygen atoms in total. The minimum atomic E-state index is 0.0473. The standard InChI is InChI=1S/C14H13N3/c15-14-11-6-2-1-5-10(11)9-13(17-14)12-7-3-4-8-16-12/h1-9,13,17H,15H2. The summed E-state index contributed by atoms with van der Waals surface area (Å²) in [6, 6.07) is 14.0. The van der Waals surface area contributed by atoms with Crippen LogP contribution >= 0.6 is 0 Å². The van der Waals surface area contributed by atoms with Crippen LogP contribution in [-0.4, -0.2) is 4.98 Å². The van der Waals surface area contributed by atoms with E-state index in [-0.39, 0.29) is 6.04 Å². The number of nitrogens with zero attached hydrogens (tertiary/aromatic N) is 1. The van der Waals surface area contributed by atoms with Gasteiger partial charge in [-0.2, -0.15) is 0 Å². The molecule has 17 heavy (non-hydrogen) atoms. The van der Waals surface area contributed by atoms with E-state index in [1.54, 1.807) is 6.20 Å². The molecule has 1 aromatic carbocycles. The van der Waals surface area contributed by atoms with Crippen LogP contribution in [-0.2, 0) is 0 Å². The van der Waals surface area contributed by atoms with Crippen LogP contribution in [0.25, 0.3) is 11.9 Å². The van der Waals surface area contributed by atoms with Crippen LogP contribution in [0.3, 0.4) is 0 Å². The van der Waals surface area contributed by atoms with E-state index < -0.39 is 0 Å². The predicted molar refractivity (Wildman–Crippen MR) is 67.9 cm³/mol. The van der Waals surface area contributed by atoms with Crippen LogP contribution in [0.4, 0.5) is 0 Å². The molecule has 1 aromatic heterocycles. The predicted octanol–water partition coefficient (Wildman–Crippen LogP) is 0.231. The van der Waals surface area contributed by atoms with Gasteiger partial charge < -0.3 is 11.1 Å². The smallest absolute Gasteiger partial charge is 0.105 e. The van der Waals surface area contributed by atoms with Crippen LogP contribution in [0.15, 0.2) is 48.7 Å². The van der Waals surface area contributed by atoms with E-state index >= 15 is 0 Å². The fraction of sp³-hybridized carbons (Fsp3) is 0.0714. The van der Waals surface area contributed by atoms with Gasteiger partial charge in [0.1, 0.15) is 5.82 Å².